The Morgan fingerprint density at radius 2 is 1.95 bits per heavy atom. The molecule has 2 unspecified atom stereocenters. The molecule has 20 heavy (non-hydrogen) atoms. The lowest BCUT2D eigenvalue weighted by Crippen LogP contribution is -2.41. The fourth-order valence-corrected chi connectivity index (χ4v) is 3.23. The van der Waals surface area contributed by atoms with E-state index in [1.54, 1.807) is 11.8 Å². The molecule has 1 N–H and O–H groups in total. The SMILES string of the molecule is C=CC(C)(C)C(SC)C(=O)NC(C)c1ccc(Br)cc1. The van der Waals surface area contributed by atoms with Crippen LogP contribution >= 0.6 is 27.7 Å². The minimum atomic E-state index is -0.233. The second-order valence-corrected chi connectivity index (χ2v) is 7.28. The van der Waals surface area contributed by atoms with Crippen LogP contribution in [0.4, 0.5) is 0 Å². The Morgan fingerprint density at radius 1 is 1.40 bits per heavy atom. The molecule has 0 aromatic heterocycles. The molecule has 1 aromatic rings. The van der Waals surface area contributed by atoms with Crippen molar-refractivity contribution in [2.24, 2.45) is 5.41 Å². The van der Waals surface area contributed by atoms with Gasteiger partial charge in [-0.25, -0.2) is 0 Å². The van der Waals surface area contributed by atoms with E-state index in [-0.39, 0.29) is 22.6 Å². The Kier molecular flexibility index (Phi) is 6.34. The van der Waals surface area contributed by atoms with Crippen LogP contribution in [0.1, 0.15) is 32.4 Å². The molecular formula is C16H22BrNOS. The van der Waals surface area contributed by atoms with Gasteiger partial charge in [-0.2, -0.15) is 11.8 Å². The summed E-state index contributed by atoms with van der Waals surface area (Å²) in [4.78, 5) is 12.4. The molecule has 2 atom stereocenters. The van der Waals surface area contributed by atoms with Crippen LogP contribution in [0.15, 0.2) is 41.4 Å². The van der Waals surface area contributed by atoms with Crippen molar-refractivity contribution in [2.75, 3.05) is 6.26 Å². The standard InChI is InChI=1S/C16H22BrNOS/c1-6-16(3,4)14(20-5)15(19)18-11(2)12-7-9-13(17)10-8-12/h6-11,14H,1H2,2-5H3,(H,18,19). The highest BCUT2D eigenvalue weighted by Gasteiger charge is 2.32. The minimum absolute atomic E-state index is 0.00846. The summed E-state index contributed by atoms with van der Waals surface area (Å²) in [6.07, 6.45) is 3.80. The summed E-state index contributed by atoms with van der Waals surface area (Å²) in [5, 5.41) is 2.94. The Bertz CT molecular complexity index is 470. The predicted molar refractivity (Wildman–Crippen MR) is 92.0 cm³/mol. The Hall–Kier alpha value is -0.740. The van der Waals surface area contributed by atoms with Gasteiger partial charge in [-0.05, 0) is 30.9 Å². The average molecular weight is 356 g/mol. The molecule has 0 heterocycles. The number of nitrogens with one attached hydrogen (secondary N) is 1. The molecule has 0 fully saturated rings. The van der Waals surface area contributed by atoms with Gasteiger partial charge < -0.3 is 5.32 Å². The van der Waals surface area contributed by atoms with Crippen LogP contribution in [-0.2, 0) is 4.79 Å². The van der Waals surface area contributed by atoms with E-state index in [1.807, 2.05) is 57.4 Å². The highest BCUT2D eigenvalue weighted by atomic mass is 79.9. The fourth-order valence-electron chi connectivity index (χ4n) is 1.98. The molecule has 4 heteroatoms. The van der Waals surface area contributed by atoms with Gasteiger partial charge in [0.25, 0.3) is 0 Å². The van der Waals surface area contributed by atoms with Crippen LogP contribution in [0.25, 0.3) is 0 Å². The monoisotopic (exact) mass is 355 g/mol. The highest BCUT2D eigenvalue weighted by molar-refractivity contribution is 9.10. The molecule has 1 amide bonds. The van der Waals surface area contributed by atoms with Gasteiger partial charge >= 0.3 is 0 Å². The predicted octanol–water partition coefficient (Wildman–Crippen LogP) is 4.57. The van der Waals surface area contributed by atoms with Crippen molar-refractivity contribution in [1.82, 2.24) is 5.32 Å². The van der Waals surface area contributed by atoms with Crippen LogP contribution < -0.4 is 5.32 Å². The maximum atomic E-state index is 12.4. The summed E-state index contributed by atoms with van der Waals surface area (Å²) in [5.41, 5.74) is 0.862. The normalized spacial score (nSPS) is 14.4. The van der Waals surface area contributed by atoms with Crippen LogP contribution in [0.2, 0.25) is 0 Å². The van der Waals surface area contributed by atoms with Crippen molar-refractivity contribution in [3.8, 4) is 0 Å². The topological polar surface area (TPSA) is 29.1 Å². The number of amides is 1. The van der Waals surface area contributed by atoms with E-state index in [1.165, 1.54) is 0 Å². The largest absolute Gasteiger partial charge is 0.349 e. The number of halogens is 1. The number of rotatable bonds is 6. The smallest absolute Gasteiger partial charge is 0.234 e. The lowest BCUT2D eigenvalue weighted by molar-refractivity contribution is -0.122. The van der Waals surface area contributed by atoms with Crippen molar-refractivity contribution >= 4 is 33.6 Å². The zero-order valence-electron chi connectivity index (χ0n) is 12.4. The van der Waals surface area contributed by atoms with Gasteiger partial charge in [-0.1, -0.05) is 48.0 Å². The third-order valence-corrected chi connectivity index (χ3v) is 5.23. The summed E-state index contributed by atoms with van der Waals surface area (Å²) in [7, 11) is 0. The second kappa shape index (κ2) is 7.32. The molecule has 2 nitrogen and oxygen atoms in total. The van der Waals surface area contributed by atoms with Crippen molar-refractivity contribution < 1.29 is 4.79 Å². The quantitative estimate of drug-likeness (QED) is 0.757. The van der Waals surface area contributed by atoms with E-state index in [9.17, 15) is 4.79 Å². The van der Waals surface area contributed by atoms with Gasteiger partial charge in [0, 0.05) is 9.89 Å². The molecule has 1 rings (SSSR count). The van der Waals surface area contributed by atoms with Crippen molar-refractivity contribution in [1.29, 1.82) is 0 Å². The van der Waals surface area contributed by atoms with Crippen molar-refractivity contribution in [2.45, 2.75) is 32.1 Å². The Morgan fingerprint density at radius 3 is 2.40 bits per heavy atom. The molecule has 0 aliphatic carbocycles. The molecule has 110 valence electrons. The first-order valence-electron chi connectivity index (χ1n) is 6.54. The first-order chi connectivity index (χ1) is 9.31. The summed E-state index contributed by atoms with van der Waals surface area (Å²) in [5.74, 6) is 0.0535. The average Bonchev–Trinajstić information content (AvgIpc) is 2.39. The number of thioether (sulfide) groups is 1. The van der Waals surface area contributed by atoms with E-state index in [0.29, 0.717) is 0 Å². The van der Waals surface area contributed by atoms with Gasteiger partial charge in [-0.3, -0.25) is 4.79 Å². The third kappa shape index (κ3) is 4.38. The molecule has 0 bridgehead atoms. The summed E-state index contributed by atoms with van der Waals surface area (Å²) >= 11 is 4.97. The summed E-state index contributed by atoms with van der Waals surface area (Å²) in [6.45, 7) is 9.90. The van der Waals surface area contributed by atoms with Gasteiger partial charge in [-0.15, -0.1) is 6.58 Å². The lowest BCUT2D eigenvalue weighted by atomic mass is 9.88. The summed E-state index contributed by atoms with van der Waals surface area (Å²) in [6, 6.07) is 7.99. The van der Waals surface area contributed by atoms with Gasteiger partial charge in [0.2, 0.25) is 5.91 Å². The maximum Gasteiger partial charge on any atom is 0.234 e. The third-order valence-electron chi connectivity index (χ3n) is 3.40. The van der Waals surface area contributed by atoms with Crippen molar-refractivity contribution in [3.05, 3.63) is 47.0 Å². The Labute approximate surface area is 134 Å². The highest BCUT2D eigenvalue weighted by Crippen LogP contribution is 2.31. The van der Waals surface area contributed by atoms with Crippen LogP contribution in [0.3, 0.4) is 0 Å². The maximum absolute atomic E-state index is 12.4. The first kappa shape index (κ1) is 17.3. The lowest BCUT2D eigenvalue weighted by Gasteiger charge is -2.30. The molecule has 0 saturated heterocycles. The minimum Gasteiger partial charge on any atom is -0.349 e. The molecule has 0 saturated carbocycles. The number of carbonyl (C=O) groups is 1. The fraction of sp³-hybridized carbons (Fsp3) is 0.438. The number of hydrogen-bond donors (Lipinski definition) is 1. The van der Waals surface area contributed by atoms with Crippen molar-refractivity contribution in [3.63, 3.8) is 0 Å². The van der Waals surface area contributed by atoms with Crippen LogP contribution in [0.5, 0.6) is 0 Å². The second-order valence-electron chi connectivity index (χ2n) is 5.42. The van der Waals surface area contributed by atoms with Gasteiger partial charge in [0.1, 0.15) is 0 Å². The molecule has 0 spiro atoms. The molecule has 0 aliphatic rings. The number of allylic oxidation sites excluding steroid dienone is 1. The molecule has 0 aliphatic heterocycles. The molecular weight excluding hydrogens is 334 g/mol. The molecule has 0 radical (unpaired) electrons. The number of carbonyl (C=O) groups excluding carboxylic acids is 1. The number of benzene rings is 1. The van der Waals surface area contributed by atoms with Gasteiger partial charge in [0.05, 0.1) is 11.3 Å². The summed E-state index contributed by atoms with van der Waals surface area (Å²) < 4.78 is 1.04. The van der Waals surface area contributed by atoms with E-state index in [2.05, 4.69) is 27.8 Å². The van der Waals surface area contributed by atoms with Crippen LogP contribution in [-0.4, -0.2) is 17.4 Å². The van der Waals surface area contributed by atoms with E-state index < -0.39 is 0 Å². The van der Waals surface area contributed by atoms with E-state index in [4.69, 9.17) is 0 Å². The van der Waals surface area contributed by atoms with Crippen LogP contribution in [0, 0.1) is 5.41 Å². The zero-order valence-corrected chi connectivity index (χ0v) is 14.8. The Balaban J connectivity index is 2.78. The number of hydrogen-bond acceptors (Lipinski definition) is 2. The zero-order chi connectivity index (χ0) is 15.3. The van der Waals surface area contributed by atoms with E-state index in [0.717, 1.165) is 10.0 Å². The van der Waals surface area contributed by atoms with Gasteiger partial charge in [0.15, 0.2) is 0 Å². The van der Waals surface area contributed by atoms with E-state index >= 15 is 0 Å². The first-order valence-corrected chi connectivity index (χ1v) is 8.62. The molecule has 1 aromatic carbocycles.